The Kier molecular flexibility index (Phi) is 8.42. The van der Waals surface area contributed by atoms with E-state index in [1.54, 1.807) is 0 Å². The van der Waals surface area contributed by atoms with Crippen molar-refractivity contribution in [3.63, 3.8) is 0 Å². The number of nitrogens with one attached hydrogen (secondary N) is 1. The summed E-state index contributed by atoms with van der Waals surface area (Å²) in [6.07, 6.45) is 2.75. The fourth-order valence-electron chi connectivity index (χ4n) is 3.93. The number of hydrogen-bond acceptors (Lipinski definition) is 4. The summed E-state index contributed by atoms with van der Waals surface area (Å²) in [5.41, 5.74) is 4.39. The minimum Gasteiger partial charge on any atom is -0.361 e. The van der Waals surface area contributed by atoms with E-state index >= 15 is 0 Å². The summed E-state index contributed by atoms with van der Waals surface area (Å²) in [4.78, 5) is 15.0. The maximum Gasteiger partial charge on any atom is 0.237 e. The number of amides is 1. The number of carbonyl (C=O) groups excluding carboxylic acids is 1. The van der Waals surface area contributed by atoms with Crippen LogP contribution in [0.5, 0.6) is 0 Å². The van der Waals surface area contributed by atoms with Crippen LogP contribution in [0.1, 0.15) is 43.7 Å². The minimum absolute atomic E-state index is 0.0531. The van der Waals surface area contributed by atoms with E-state index in [0.717, 1.165) is 49.4 Å². The van der Waals surface area contributed by atoms with E-state index < -0.39 is 0 Å². The molecule has 1 aliphatic heterocycles. The topological polar surface area (TPSA) is 58.4 Å². The Hall–Kier alpha value is -2.92. The number of aromatic nitrogens is 1. The molecule has 1 aromatic heterocycles. The molecule has 2 aromatic carbocycles. The smallest absolute Gasteiger partial charge is 0.237 e. The van der Waals surface area contributed by atoms with Gasteiger partial charge in [0.25, 0.3) is 0 Å². The van der Waals surface area contributed by atoms with Crippen LogP contribution in [0, 0.1) is 6.92 Å². The van der Waals surface area contributed by atoms with Crippen LogP contribution in [0.25, 0.3) is 11.1 Å². The van der Waals surface area contributed by atoms with Gasteiger partial charge in [0.15, 0.2) is 0 Å². The fraction of sp³-hybridized carbons (Fsp3) is 0.385. The summed E-state index contributed by atoms with van der Waals surface area (Å²) >= 11 is 0. The quantitative estimate of drug-likeness (QED) is 0.585. The molecular formula is C26H33N3O2. The lowest BCUT2D eigenvalue weighted by atomic mass is 10.0. The molecule has 1 fully saturated rings. The SMILES string of the molecule is CC.Cc1cc(CCN2CCCC2C(=O)NCc2ccc(-c3ccccc3)cc2)on1. The molecule has 1 N–H and O–H groups in total. The first-order chi connectivity index (χ1) is 15.2. The highest BCUT2D eigenvalue weighted by Crippen LogP contribution is 2.20. The van der Waals surface area contributed by atoms with Crippen LogP contribution in [0.3, 0.4) is 0 Å². The van der Waals surface area contributed by atoms with E-state index in [1.807, 2.05) is 45.0 Å². The molecule has 0 bridgehead atoms. The van der Waals surface area contributed by atoms with Crippen LogP contribution in [0.4, 0.5) is 0 Å². The van der Waals surface area contributed by atoms with Crippen molar-refractivity contribution in [1.29, 1.82) is 0 Å². The van der Waals surface area contributed by atoms with Gasteiger partial charge in [-0.05, 0) is 43.0 Å². The Morgan fingerprint density at radius 1 is 1.10 bits per heavy atom. The molecule has 1 aliphatic rings. The Morgan fingerprint density at radius 2 is 1.81 bits per heavy atom. The third-order valence-corrected chi connectivity index (χ3v) is 5.52. The first-order valence-electron chi connectivity index (χ1n) is 11.3. The van der Waals surface area contributed by atoms with Crippen molar-refractivity contribution in [1.82, 2.24) is 15.4 Å². The molecule has 0 radical (unpaired) electrons. The molecule has 31 heavy (non-hydrogen) atoms. The van der Waals surface area contributed by atoms with Gasteiger partial charge in [-0.1, -0.05) is 73.6 Å². The van der Waals surface area contributed by atoms with Gasteiger partial charge in [0.05, 0.1) is 11.7 Å². The molecule has 5 heteroatoms. The zero-order chi connectivity index (χ0) is 22.1. The molecule has 4 rings (SSSR count). The highest BCUT2D eigenvalue weighted by atomic mass is 16.5. The predicted octanol–water partition coefficient (Wildman–Crippen LogP) is 5.00. The largest absolute Gasteiger partial charge is 0.361 e. The second kappa shape index (κ2) is 11.5. The van der Waals surface area contributed by atoms with Crippen LogP contribution in [-0.4, -0.2) is 35.1 Å². The van der Waals surface area contributed by atoms with Crippen molar-refractivity contribution in [2.45, 2.75) is 52.6 Å². The van der Waals surface area contributed by atoms with Gasteiger partial charge in [-0.3, -0.25) is 9.69 Å². The number of hydrogen-bond donors (Lipinski definition) is 1. The maximum absolute atomic E-state index is 12.7. The predicted molar refractivity (Wildman–Crippen MR) is 125 cm³/mol. The fourth-order valence-corrected chi connectivity index (χ4v) is 3.93. The van der Waals surface area contributed by atoms with Gasteiger partial charge < -0.3 is 9.84 Å². The van der Waals surface area contributed by atoms with Gasteiger partial charge in [0.2, 0.25) is 5.91 Å². The van der Waals surface area contributed by atoms with E-state index in [4.69, 9.17) is 4.52 Å². The van der Waals surface area contributed by atoms with E-state index in [2.05, 4.69) is 51.8 Å². The zero-order valence-electron chi connectivity index (χ0n) is 18.8. The number of nitrogens with zero attached hydrogens (tertiary/aromatic N) is 2. The van der Waals surface area contributed by atoms with Crippen LogP contribution < -0.4 is 5.32 Å². The number of benzene rings is 2. The van der Waals surface area contributed by atoms with Gasteiger partial charge in [0.1, 0.15) is 5.76 Å². The highest BCUT2D eigenvalue weighted by Gasteiger charge is 2.30. The average Bonchev–Trinajstić information content (AvgIpc) is 3.47. The van der Waals surface area contributed by atoms with Crippen molar-refractivity contribution in [2.75, 3.05) is 13.1 Å². The second-order valence-electron chi connectivity index (χ2n) is 7.66. The highest BCUT2D eigenvalue weighted by molar-refractivity contribution is 5.82. The molecule has 164 valence electrons. The van der Waals surface area contributed by atoms with E-state index in [1.165, 1.54) is 11.1 Å². The van der Waals surface area contributed by atoms with Crippen molar-refractivity contribution < 1.29 is 9.32 Å². The molecular weight excluding hydrogens is 386 g/mol. The van der Waals surface area contributed by atoms with Gasteiger partial charge >= 0.3 is 0 Å². The Bertz CT molecular complexity index is 935. The van der Waals surface area contributed by atoms with Gasteiger partial charge in [-0.15, -0.1) is 0 Å². The lowest BCUT2D eigenvalue weighted by molar-refractivity contribution is -0.125. The zero-order valence-corrected chi connectivity index (χ0v) is 18.8. The molecule has 0 saturated carbocycles. The van der Waals surface area contributed by atoms with Gasteiger partial charge in [0, 0.05) is 25.6 Å². The average molecular weight is 420 g/mol. The first kappa shape index (κ1) is 22.8. The van der Waals surface area contributed by atoms with Crippen molar-refractivity contribution >= 4 is 5.91 Å². The Morgan fingerprint density at radius 3 is 2.48 bits per heavy atom. The molecule has 5 nitrogen and oxygen atoms in total. The summed E-state index contributed by atoms with van der Waals surface area (Å²) in [5, 5.41) is 7.05. The summed E-state index contributed by atoms with van der Waals surface area (Å²) in [6.45, 7) is 8.25. The first-order valence-corrected chi connectivity index (χ1v) is 11.3. The Labute approximate surface area is 185 Å². The van der Waals surface area contributed by atoms with Crippen molar-refractivity contribution in [3.8, 4) is 11.1 Å². The molecule has 0 aliphatic carbocycles. The number of likely N-dealkylation sites (tertiary alicyclic amines) is 1. The number of carbonyl (C=O) groups is 1. The molecule has 1 atom stereocenters. The van der Waals surface area contributed by atoms with E-state index in [-0.39, 0.29) is 11.9 Å². The van der Waals surface area contributed by atoms with Crippen LogP contribution in [0.2, 0.25) is 0 Å². The lowest BCUT2D eigenvalue weighted by Crippen LogP contribution is -2.43. The van der Waals surface area contributed by atoms with Crippen LogP contribution in [-0.2, 0) is 17.8 Å². The van der Waals surface area contributed by atoms with Crippen molar-refractivity contribution in [3.05, 3.63) is 77.7 Å². The van der Waals surface area contributed by atoms with Gasteiger partial charge in [-0.2, -0.15) is 0 Å². The minimum atomic E-state index is -0.0531. The van der Waals surface area contributed by atoms with Crippen LogP contribution >= 0.6 is 0 Å². The van der Waals surface area contributed by atoms with E-state index in [9.17, 15) is 4.79 Å². The monoisotopic (exact) mass is 419 g/mol. The molecule has 3 aromatic rings. The standard InChI is InChI=1S/C24H27N3O2.C2H6/c1-18-16-22(29-26-18)13-15-27-14-5-8-23(27)24(28)25-17-19-9-11-21(12-10-19)20-6-3-2-4-7-20;1-2/h2-4,6-7,9-12,16,23H,5,8,13-15,17H2,1H3,(H,25,28);1-2H3. The molecule has 1 unspecified atom stereocenters. The molecule has 2 heterocycles. The Balaban J connectivity index is 0.00000132. The third-order valence-electron chi connectivity index (χ3n) is 5.52. The van der Waals surface area contributed by atoms with Crippen LogP contribution in [0.15, 0.2) is 65.2 Å². The summed E-state index contributed by atoms with van der Waals surface area (Å²) in [7, 11) is 0. The number of rotatable bonds is 7. The molecule has 1 saturated heterocycles. The second-order valence-corrected chi connectivity index (χ2v) is 7.66. The normalized spacial score (nSPS) is 15.9. The summed E-state index contributed by atoms with van der Waals surface area (Å²) < 4.78 is 5.29. The van der Waals surface area contributed by atoms with Crippen molar-refractivity contribution in [2.24, 2.45) is 0 Å². The lowest BCUT2D eigenvalue weighted by Gasteiger charge is -2.23. The summed E-state index contributed by atoms with van der Waals surface area (Å²) in [5.74, 6) is 0.996. The third kappa shape index (κ3) is 6.28. The summed E-state index contributed by atoms with van der Waals surface area (Å²) in [6, 6.07) is 20.6. The van der Waals surface area contributed by atoms with Gasteiger partial charge in [-0.25, -0.2) is 0 Å². The molecule has 1 amide bonds. The number of aryl methyl sites for hydroxylation is 1. The van der Waals surface area contributed by atoms with E-state index in [0.29, 0.717) is 6.54 Å². The maximum atomic E-state index is 12.7. The molecule has 0 spiro atoms.